The summed E-state index contributed by atoms with van der Waals surface area (Å²) in [5.74, 6) is 0. The van der Waals surface area contributed by atoms with Crippen LogP contribution >= 0.6 is 0 Å². The Bertz CT molecular complexity index is 396. The SMILES string of the molecule is CCOCCN(C)c1ccc([N+](=O)[O-])c(N)c1. The zero-order chi connectivity index (χ0) is 12.8. The highest BCUT2D eigenvalue weighted by atomic mass is 16.6. The van der Waals surface area contributed by atoms with Crippen LogP contribution in [0, 0.1) is 10.1 Å². The molecule has 0 heterocycles. The van der Waals surface area contributed by atoms with E-state index in [0.29, 0.717) is 19.8 Å². The second-order valence-corrected chi connectivity index (χ2v) is 3.62. The average Bonchev–Trinajstić information content (AvgIpc) is 2.28. The summed E-state index contributed by atoms with van der Waals surface area (Å²) in [6.45, 7) is 3.94. The van der Waals surface area contributed by atoms with Crippen molar-refractivity contribution in [1.29, 1.82) is 0 Å². The molecule has 0 aromatic heterocycles. The molecule has 0 aliphatic rings. The maximum Gasteiger partial charge on any atom is 0.292 e. The monoisotopic (exact) mass is 239 g/mol. The van der Waals surface area contributed by atoms with Crippen molar-refractivity contribution in [2.75, 3.05) is 37.4 Å². The summed E-state index contributed by atoms with van der Waals surface area (Å²) >= 11 is 0. The Morgan fingerprint density at radius 2 is 2.24 bits per heavy atom. The number of ether oxygens (including phenoxy) is 1. The molecule has 0 aliphatic heterocycles. The van der Waals surface area contributed by atoms with Crippen LogP contribution in [0.1, 0.15) is 6.92 Å². The van der Waals surface area contributed by atoms with E-state index in [1.165, 1.54) is 6.07 Å². The molecule has 0 saturated carbocycles. The lowest BCUT2D eigenvalue weighted by Gasteiger charge is -2.19. The molecule has 6 heteroatoms. The molecule has 0 atom stereocenters. The van der Waals surface area contributed by atoms with Gasteiger partial charge in [0, 0.05) is 32.0 Å². The highest BCUT2D eigenvalue weighted by Gasteiger charge is 2.12. The van der Waals surface area contributed by atoms with Gasteiger partial charge >= 0.3 is 0 Å². The lowest BCUT2D eigenvalue weighted by Crippen LogP contribution is -2.22. The summed E-state index contributed by atoms with van der Waals surface area (Å²) in [4.78, 5) is 12.1. The van der Waals surface area contributed by atoms with Crippen LogP contribution in [-0.2, 0) is 4.74 Å². The van der Waals surface area contributed by atoms with E-state index in [2.05, 4.69) is 0 Å². The minimum Gasteiger partial charge on any atom is -0.393 e. The first kappa shape index (κ1) is 13.2. The van der Waals surface area contributed by atoms with Crippen LogP contribution in [0.15, 0.2) is 18.2 Å². The zero-order valence-corrected chi connectivity index (χ0v) is 10.0. The molecule has 0 fully saturated rings. The van der Waals surface area contributed by atoms with Gasteiger partial charge in [-0.15, -0.1) is 0 Å². The number of benzene rings is 1. The van der Waals surface area contributed by atoms with Crippen molar-refractivity contribution >= 4 is 17.1 Å². The Hall–Kier alpha value is -1.82. The standard InChI is InChI=1S/C11H17N3O3/c1-3-17-7-6-13(2)9-4-5-11(14(15)16)10(12)8-9/h4-5,8H,3,6-7,12H2,1-2H3. The predicted octanol–water partition coefficient (Wildman–Crippen LogP) is 1.65. The summed E-state index contributed by atoms with van der Waals surface area (Å²) in [5, 5.41) is 10.6. The van der Waals surface area contributed by atoms with E-state index in [0.717, 1.165) is 5.69 Å². The van der Waals surface area contributed by atoms with Gasteiger partial charge in [-0.3, -0.25) is 10.1 Å². The quantitative estimate of drug-likeness (QED) is 0.353. The first-order valence-corrected chi connectivity index (χ1v) is 5.39. The van der Waals surface area contributed by atoms with Gasteiger partial charge in [0.2, 0.25) is 0 Å². The molecule has 6 nitrogen and oxygen atoms in total. The van der Waals surface area contributed by atoms with Crippen molar-refractivity contribution in [3.05, 3.63) is 28.3 Å². The van der Waals surface area contributed by atoms with Crippen molar-refractivity contribution in [2.24, 2.45) is 0 Å². The second-order valence-electron chi connectivity index (χ2n) is 3.62. The topological polar surface area (TPSA) is 81.6 Å². The number of nitrogens with two attached hydrogens (primary N) is 1. The third-order valence-corrected chi connectivity index (χ3v) is 2.42. The molecule has 0 unspecified atom stereocenters. The van der Waals surface area contributed by atoms with Crippen LogP contribution in [-0.4, -0.2) is 31.7 Å². The molecule has 0 radical (unpaired) electrons. The van der Waals surface area contributed by atoms with E-state index in [-0.39, 0.29) is 11.4 Å². The average molecular weight is 239 g/mol. The van der Waals surface area contributed by atoms with Gasteiger partial charge in [-0.2, -0.15) is 0 Å². The van der Waals surface area contributed by atoms with Gasteiger partial charge in [0.1, 0.15) is 5.69 Å². The highest BCUT2D eigenvalue weighted by molar-refractivity contribution is 5.66. The largest absolute Gasteiger partial charge is 0.393 e. The van der Waals surface area contributed by atoms with E-state index < -0.39 is 4.92 Å². The Morgan fingerprint density at radius 1 is 1.53 bits per heavy atom. The molecular formula is C11H17N3O3. The summed E-state index contributed by atoms with van der Waals surface area (Å²) in [5.41, 5.74) is 6.57. The summed E-state index contributed by atoms with van der Waals surface area (Å²) < 4.78 is 5.24. The van der Waals surface area contributed by atoms with Gasteiger partial charge in [0.25, 0.3) is 5.69 Å². The van der Waals surface area contributed by atoms with Gasteiger partial charge < -0.3 is 15.4 Å². The van der Waals surface area contributed by atoms with E-state index in [1.807, 2.05) is 18.9 Å². The lowest BCUT2D eigenvalue weighted by molar-refractivity contribution is -0.383. The minimum atomic E-state index is -0.487. The van der Waals surface area contributed by atoms with Crippen molar-refractivity contribution in [3.63, 3.8) is 0 Å². The molecule has 94 valence electrons. The molecule has 0 saturated heterocycles. The summed E-state index contributed by atoms with van der Waals surface area (Å²) in [6, 6.07) is 4.70. The fourth-order valence-electron chi connectivity index (χ4n) is 1.42. The van der Waals surface area contributed by atoms with Crippen molar-refractivity contribution in [1.82, 2.24) is 0 Å². The molecule has 1 rings (SSSR count). The molecule has 2 N–H and O–H groups in total. The number of nitrogens with zero attached hydrogens (tertiary/aromatic N) is 2. The third kappa shape index (κ3) is 3.60. The molecule has 17 heavy (non-hydrogen) atoms. The Morgan fingerprint density at radius 3 is 2.76 bits per heavy atom. The maximum atomic E-state index is 10.6. The van der Waals surface area contributed by atoms with Crippen molar-refractivity contribution in [2.45, 2.75) is 6.92 Å². The fraction of sp³-hybridized carbons (Fsp3) is 0.455. The molecular weight excluding hydrogens is 222 g/mol. The molecule has 0 bridgehead atoms. The molecule has 1 aromatic carbocycles. The Labute approximate surface area is 100 Å². The minimum absolute atomic E-state index is 0.0630. The van der Waals surface area contributed by atoms with Crippen LogP contribution in [0.3, 0.4) is 0 Å². The third-order valence-electron chi connectivity index (χ3n) is 2.42. The van der Waals surface area contributed by atoms with E-state index in [1.54, 1.807) is 12.1 Å². The highest BCUT2D eigenvalue weighted by Crippen LogP contribution is 2.26. The number of nitro benzene ring substituents is 1. The Kier molecular flexibility index (Phi) is 4.71. The number of nitrogen functional groups attached to an aromatic ring is 1. The number of likely N-dealkylation sites (N-methyl/N-ethyl adjacent to an activating group) is 1. The van der Waals surface area contributed by atoms with E-state index in [4.69, 9.17) is 10.5 Å². The molecule has 0 aliphatic carbocycles. The summed E-state index contributed by atoms with van der Waals surface area (Å²) in [7, 11) is 1.89. The van der Waals surface area contributed by atoms with E-state index >= 15 is 0 Å². The van der Waals surface area contributed by atoms with Crippen LogP contribution in [0.5, 0.6) is 0 Å². The van der Waals surface area contributed by atoms with E-state index in [9.17, 15) is 10.1 Å². The smallest absolute Gasteiger partial charge is 0.292 e. The van der Waals surface area contributed by atoms with Crippen molar-refractivity contribution < 1.29 is 9.66 Å². The number of anilines is 2. The summed E-state index contributed by atoms with van der Waals surface area (Å²) in [6.07, 6.45) is 0. The normalized spacial score (nSPS) is 10.2. The van der Waals surface area contributed by atoms with Crippen LogP contribution in [0.4, 0.5) is 17.1 Å². The second kappa shape index (κ2) is 6.05. The molecule has 1 aromatic rings. The first-order chi connectivity index (χ1) is 8.06. The molecule has 0 spiro atoms. The maximum absolute atomic E-state index is 10.6. The van der Waals surface area contributed by atoms with Crippen LogP contribution < -0.4 is 10.6 Å². The van der Waals surface area contributed by atoms with Gasteiger partial charge in [-0.05, 0) is 19.1 Å². The first-order valence-electron chi connectivity index (χ1n) is 5.39. The number of rotatable bonds is 6. The van der Waals surface area contributed by atoms with Gasteiger partial charge in [-0.1, -0.05) is 0 Å². The predicted molar refractivity (Wildman–Crippen MR) is 67.3 cm³/mol. The number of nitro groups is 1. The number of hydrogen-bond donors (Lipinski definition) is 1. The van der Waals surface area contributed by atoms with Crippen molar-refractivity contribution in [3.8, 4) is 0 Å². The van der Waals surface area contributed by atoms with Gasteiger partial charge in [0.05, 0.1) is 11.5 Å². The zero-order valence-electron chi connectivity index (χ0n) is 10.0. The van der Waals surface area contributed by atoms with Gasteiger partial charge in [-0.25, -0.2) is 0 Å². The lowest BCUT2D eigenvalue weighted by atomic mass is 10.2. The van der Waals surface area contributed by atoms with Gasteiger partial charge in [0.15, 0.2) is 0 Å². The molecule has 0 amide bonds. The Balaban J connectivity index is 2.72. The number of hydrogen-bond acceptors (Lipinski definition) is 5. The van der Waals surface area contributed by atoms with Crippen LogP contribution in [0.25, 0.3) is 0 Å². The fourth-order valence-corrected chi connectivity index (χ4v) is 1.42. The van der Waals surface area contributed by atoms with Crippen LogP contribution in [0.2, 0.25) is 0 Å².